The fourth-order valence-corrected chi connectivity index (χ4v) is 2.90. The first kappa shape index (κ1) is 11.7. The topological polar surface area (TPSA) is 63.8 Å². The maximum Gasteiger partial charge on any atom is 0.0773 e. The second-order valence-corrected chi connectivity index (χ2v) is 5.20. The molecule has 0 radical (unpaired) electrons. The molecule has 0 aliphatic carbocycles. The highest BCUT2D eigenvalue weighted by Crippen LogP contribution is 2.24. The first-order valence-corrected chi connectivity index (χ1v) is 6.42. The zero-order valence-electron chi connectivity index (χ0n) is 8.43. The number of aromatic nitrogens is 2. The summed E-state index contributed by atoms with van der Waals surface area (Å²) in [5, 5.41) is 2.06. The molecular weight excluding hydrogens is 288 g/mol. The Hall–Kier alpha value is -0.820. The Labute approximate surface area is 106 Å². The number of hydrogen-bond acceptors (Lipinski definition) is 5. The Balaban J connectivity index is 2.12. The van der Waals surface area contributed by atoms with Crippen molar-refractivity contribution in [3.05, 3.63) is 45.1 Å². The van der Waals surface area contributed by atoms with Crippen molar-refractivity contribution in [3.8, 4) is 0 Å². The molecule has 0 aliphatic rings. The van der Waals surface area contributed by atoms with Gasteiger partial charge in [-0.1, -0.05) is 0 Å². The number of nitrogens with zero attached hydrogens (tertiary/aromatic N) is 2. The van der Waals surface area contributed by atoms with Crippen LogP contribution >= 0.6 is 27.3 Å². The second-order valence-electron chi connectivity index (χ2n) is 3.28. The van der Waals surface area contributed by atoms with E-state index in [4.69, 9.17) is 5.84 Å². The van der Waals surface area contributed by atoms with Gasteiger partial charge in [-0.15, -0.1) is 11.3 Å². The summed E-state index contributed by atoms with van der Waals surface area (Å²) in [6.07, 6.45) is 5.86. The van der Waals surface area contributed by atoms with Crippen molar-refractivity contribution in [1.29, 1.82) is 0 Å². The van der Waals surface area contributed by atoms with Crippen molar-refractivity contribution in [2.24, 2.45) is 5.84 Å². The van der Waals surface area contributed by atoms with E-state index in [-0.39, 0.29) is 6.04 Å². The van der Waals surface area contributed by atoms with E-state index in [0.717, 1.165) is 16.6 Å². The third-order valence-corrected chi connectivity index (χ3v) is 3.89. The van der Waals surface area contributed by atoms with Gasteiger partial charge >= 0.3 is 0 Å². The maximum atomic E-state index is 5.53. The molecule has 6 heteroatoms. The predicted molar refractivity (Wildman–Crippen MR) is 67.8 cm³/mol. The van der Waals surface area contributed by atoms with Crippen LogP contribution in [0.15, 0.2) is 34.5 Å². The van der Waals surface area contributed by atoms with Gasteiger partial charge in [-0.3, -0.25) is 21.2 Å². The van der Waals surface area contributed by atoms with E-state index in [2.05, 4.69) is 42.8 Å². The van der Waals surface area contributed by atoms with Crippen LogP contribution < -0.4 is 11.3 Å². The minimum atomic E-state index is -0.000694. The van der Waals surface area contributed by atoms with Crippen molar-refractivity contribution in [2.45, 2.75) is 12.5 Å². The van der Waals surface area contributed by atoms with E-state index in [1.807, 2.05) is 0 Å². The molecule has 2 heterocycles. The van der Waals surface area contributed by atoms with Gasteiger partial charge in [0.1, 0.15) is 0 Å². The van der Waals surface area contributed by atoms with Gasteiger partial charge in [0.05, 0.1) is 17.9 Å². The van der Waals surface area contributed by atoms with Crippen LogP contribution in [0.1, 0.15) is 16.6 Å². The summed E-state index contributed by atoms with van der Waals surface area (Å²) in [5.74, 6) is 5.53. The molecule has 0 fully saturated rings. The SMILES string of the molecule is NNC(Cc1cc(Br)cs1)c1cnccn1. The van der Waals surface area contributed by atoms with Crippen LogP contribution in [0.4, 0.5) is 0 Å². The number of nitrogens with one attached hydrogen (secondary N) is 1. The Bertz CT molecular complexity index is 445. The first-order valence-electron chi connectivity index (χ1n) is 4.74. The lowest BCUT2D eigenvalue weighted by Gasteiger charge is -2.13. The van der Waals surface area contributed by atoms with Crippen LogP contribution in [-0.2, 0) is 6.42 Å². The summed E-state index contributed by atoms with van der Waals surface area (Å²) in [6.45, 7) is 0. The zero-order valence-corrected chi connectivity index (χ0v) is 10.8. The fourth-order valence-electron chi connectivity index (χ4n) is 1.40. The molecule has 0 aromatic carbocycles. The number of halogens is 1. The van der Waals surface area contributed by atoms with Gasteiger partial charge in [-0.25, -0.2) is 0 Å². The van der Waals surface area contributed by atoms with E-state index >= 15 is 0 Å². The maximum absolute atomic E-state index is 5.53. The fraction of sp³-hybridized carbons (Fsp3) is 0.200. The zero-order chi connectivity index (χ0) is 11.4. The lowest BCUT2D eigenvalue weighted by Crippen LogP contribution is -2.30. The summed E-state index contributed by atoms with van der Waals surface area (Å²) in [5.41, 5.74) is 3.62. The molecule has 3 N–H and O–H groups in total. The molecule has 0 amide bonds. The lowest BCUT2D eigenvalue weighted by atomic mass is 10.1. The van der Waals surface area contributed by atoms with Gasteiger partial charge in [0.15, 0.2) is 0 Å². The molecule has 0 spiro atoms. The van der Waals surface area contributed by atoms with Crippen molar-refractivity contribution in [3.63, 3.8) is 0 Å². The Morgan fingerprint density at radius 3 is 2.94 bits per heavy atom. The van der Waals surface area contributed by atoms with Gasteiger partial charge < -0.3 is 0 Å². The highest BCUT2D eigenvalue weighted by molar-refractivity contribution is 9.10. The van der Waals surface area contributed by atoms with Crippen molar-refractivity contribution in [2.75, 3.05) is 0 Å². The van der Waals surface area contributed by atoms with Crippen molar-refractivity contribution >= 4 is 27.3 Å². The number of hydrogen-bond donors (Lipinski definition) is 2. The van der Waals surface area contributed by atoms with Gasteiger partial charge in [-0.2, -0.15) is 0 Å². The highest BCUT2D eigenvalue weighted by Gasteiger charge is 2.13. The first-order chi connectivity index (χ1) is 7.79. The smallest absolute Gasteiger partial charge is 0.0773 e. The summed E-state index contributed by atoms with van der Waals surface area (Å²) in [6, 6.07) is 2.09. The average molecular weight is 299 g/mol. The molecule has 0 saturated heterocycles. The number of hydrazine groups is 1. The normalized spacial score (nSPS) is 12.6. The third kappa shape index (κ3) is 2.85. The van der Waals surface area contributed by atoms with E-state index in [0.29, 0.717) is 0 Å². The van der Waals surface area contributed by atoms with Gasteiger partial charge in [-0.05, 0) is 22.0 Å². The lowest BCUT2D eigenvalue weighted by molar-refractivity contribution is 0.539. The molecule has 4 nitrogen and oxygen atoms in total. The van der Waals surface area contributed by atoms with Gasteiger partial charge in [0.25, 0.3) is 0 Å². The number of thiophene rings is 1. The highest BCUT2D eigenvalue weighted by atomic mass is 79.9. The van der Waals surface area contributed by atoms with E-state index in [1.165, 1.54) is 4.88 Å². The van der Waals surface area contributed by atoms with Crippen LogP contribution in [0, 0.1) is 0 Å². The molecule has 0 saturated carbocycles. The average Bonchev–Trinajstić information content (AvgIpc) is 2.73. The summed E-state index contributed by atoms with van der Waals surface area (Å²) in [7, 11) is 0. The molecule has 2 aromatic heterocycles. The monoisotopic (exact) mass is 298 g/mol. The van der Waals surface area contributed by atoms with Crippen molar-refractivity contribution in [1.82, 2.24) is 15.4 Å². The Kier molecular flexibility index (Phi) is 4.00. The molecule has 1 atom stereocenters. The molecular formula is C10H11BrN4S. The summed E-state index contributed by atoms with van der Waals surface area (Å²) < 4.78 is 1.10. The van der Waals surface area contributed by atoms with Crippen LogP contribution in [0.25, 0.3) is 0 Å². The van der Waals surface area contributed by atoms with Crippen LogP contribution in [0.2, 0.25) is 0 Å². The minimum absolute atomic E-state index is 0.000694. The number of rotatable bonds is 4. The standard InChI is InChI=1S/C10H11BrN4S/c11-7-3-8(16-6-7)4-9(15-12)10-5-13-1-2-14-10/h1-3,5-6,9,15H,4,12H2. The van der Waals surface area contributed by atoms with Crippen LogP contribution in [0.3, 0.4) is 0 Å². The Morgan fingerprint density at radius 1 is 1.50 bits per heavy atom. The molecule has 0 aliphatic heterocycles. The predicted octanol–water partition coefficient (Wildman–Crippen LogP) is 2.05. The summed E-state index contributed by atoms with van der Waals surface area (Å²) in [4.78, 5) is 9.53. The second kappa shape index (κ2) is 5.49. The van der Waals surface area contributed by atoms with E-state index in [1.54, 1.807) is 29.9 Å². The minimum Gasteiger partial charge on any atom is -0.271 e. The Morgan fingerprint density at radius 2 is 2.38 bits per heavy atom. The van der Waals surface area contributed by atoms with E-state index < -0.39 is 0 Å². The molecule has 16 heavy (non-hydrogen) atoms. The molecule has 2 rings (SSSR count). The largest absolute Gasteiger partial charge is 0.271 e. The molecule has 84 valence electrons. The quantitative estimate of drug-likeness (QED) is 0.670. The molecule has 1 unspecified atom stereocenters. The molecule has 0 bridgehead atoms. The molecule has 2 aromatic rings. The van der Waals surface area contributed by atoms with Crippen LogP contribution in [0.5, 0.6) is 0 Å². The number of nitrogens with two attached hydrogens (primary N) is 1. The van der Waals surface area contributed by atoms with Crippen molar-refractivity contribution < 1.29 is 0 Å². The van der Waals surface area contributed by atoms with Gasteiger partial charge in [0.2, 0.25) is 0 Å². The summed E-state index contributed by atoms with van der Waals surface area (Å²) >= 11 is 5.13. The van der Waals surface area contributed by atoms with E-state index in [9.17, 15) is 0 Å². The third-order valence-electron chi connectivity index (χ3n) is 2.17. The van der Waals surface area contributed by atoms with Crippen LogP contribution in [-0.4, -0.2) is 9.97 Å². The van der Waals surface area contributed by atoms with Gasteiger partial charge in [0, 0.05) is 33.5 Å².